The molecule has 0 amide bonds. The van der Waals surface area contributed by atoms with E-state index in [0.717, 1.165) is 12.8 Å². The van der Waals surface area contributed by atoms with E-state index in [1.165, 1.54) is 0 Å². The number of para-hydroxylation sites is 1. The Kier molecular flexibility index (Phi) is 5.27. The van der Waals surface area contributed by atoms with Crippen molar-refractivity contribution in [1.29, 1.82) is 0 Å². The maximum absolute atomic E-state index is 12.8. The van der Waals surface area contributed by atoms with Crippen molar-refractivity contribution >= 4 is 11.7 Å². The van der Waals surface area contributed by atoms with E-state index in [4.69, 9.17) is 24.7 Å². The van der Waals surface area contributed by atoms with Crippen LogP contribution in [0.5, 0.6) is 0 Å². The zero-order valence-electron chi connectivity index (χ0n) is 16.1. The lowest BCUT2D eigenvalue weighted by Crippen LogP contribution is -2.53. The highest BCUT2D eigenvalue weighted by Gasteiger charge is 2.69. The molecule has 4 unspecified atom stereocenters. The molecule has 4 atom stereocenters. The van der Waals surface area contributed by atoms with Gasteiger partial charge in [-0.25, -0.2) is 4.79 Å². The van der Waals surface area contributed by atoms with Crippen molar-refractivity contribution in [3.63, 3.8) is 0 Å². The quantitative estimate of drug-likeness (QED) is 0.460. The number of hydrogen-bond donors (Lipinski definition) is 1. The van der Waals surface area contributed by atoms with Gasteiger partial charge in [0.15, 0.2) is 11.4 Å². The number of anilines is 1. The van der Waals surface area contributed by atoms with E-state index in [-0.39, 0.29) is 18.6 Å². The minimum Gasteiger partial charge on any atom is -0.450 e. The average Bonchev–Trinajstić information content (AvgIpc) is 3.22. The predicted octanol–water partition coefficient (Wildman–Crippen LogP) is 3.24. The summed E-state index contributed by atoms with van der Waals surface area (Å²) in [5, 5.41) is 0. The average molecular weight is 385 g/mol. The molecule has 0 aromatic heterocycles. The number of esters is 1. The van der Waals surface area contributed by atoms with Crippen molar-refractivity contribution in [3.05, 3.63) is 54.1 Å². The number of carbonyl (C=O) groups is 1. The number of nitrogen functional groups attached to an aromatic ring is 1. The number of hydrogen-bond acceptors (Lipinski definition) is 6. The molecule has 1 aromatic rings. The fraction of sp³-hybridized carbons (Fsp3) is 0.500. The van der Waals surface area contributed by atoms with Crippen molar-refractivity contribution in [1.82, 2.24) is 0 Å². The molecule has 0 radical (unpaired) electrons. The zero-order valence-corrected chi connectivity index (χ0v) is 16.1. The molecule has 4 rings (SSSR count). The lowest BCUT2D eigenvalue weighted by Gasteiger charge is -2.41. The molecule has 3 aliphatic heterocycles. The Morgan fingerprint density at radius 1 is 1.29 bits per heavy atom. The first kappa shape index (κ1) is 19.2. The van der Waals surface area contributed by atoms with Gasteiger partial charge in [-0.05, 0) is 31.9 Å². The summed E-state index contributed by atoms with van der Waals surface area (Å²) in [6.07, 6.45) is 10.3. The van der Waals surface area contributed by atoms with Gasteiger partial charge in [-0.3, -0.25) is 0 Å². The second-order valence-corrected chi connectivity index (χ2v) is 7.60. The molecular formula is C22H27NO5. The summed E-state index contributed by atoms with van der Waals surface area (Å²) in [5.74, 6) is -1.36. The van der Waals surface area contributed by atoms with Gasteiger partial charge in [-0.15, -0.1) is 0 Å². The van der Waals surface area contributed by atoms with Crippen LogP contribution in [-0.2, 0) is 18.9 Å². The lowest BCUT2D eigenvalue weighted by molar-refractivity contribution is -0.269. The third-order valence-electron chi connectivity index (χ3n) is 5.84. The lowest BCUT2D eigenvalue weighted by atomic mass is 9.78. The van der Waals surface area contributed by atoms with E-state index in [1.807, 2.05) is 25.2 Å². The molecule has 0 aliphatic carbocycles. The largest absolute Gasteiger partial charge is 0.450 e. The van der Waals surface area contributed by atoms with Gasteiger partial charge >= 0.3 is 5.97 Å². The molecule has 0 saturated carbocycles. The maximum Gasteiger partial charge on any atom is 0.340 e. The summed E-state index contributed by atoms with van der Waals surface area (Å²) < 4.78 is 24.4. The third-order valence-corrected chi connectivity index (χ3v) is 5.84. The van der Waals surface area contributed by atoms with Gasteiger partial charge in [0.1, 0.15) is 0 Å². The molecular weight excluding hydrogens is 358 g/mol. The number of allylic oxidation sites excluding steroid dienone is 4. The molecule has 3 aliphatic rings. The van der Waals surface area contributed by atoms with Gasteiger partial charge in [0.05, 0.1) is 37.4 Å². The summed E-state index contributed by atoms with van der Waals surface area (Å²) in [6, 6.07) is 6.93. The Morgan fingerprint density at radius 2 is 2.14 bits per heavy atom. The van der Waals surface area contributed by atoms with E-state index in [9.17, 15) is 4.79 Å². The molecule has 0 spiro atoms. The predicted molar refractivity (Wildman–Crippen MR) is 105 cm³/mol. The van der Waals surface area contributed by atoms with Crippen molar-refractivity contribution in [2.45, 2.75) is 43.7 Å². The van der Waals surface area contributed by atoms with Crippen LogP contribution in [0.4, 0.5) is 5.69 Å². The van der Waals surface area contributed by atoms with E-state index >= 15 is 0 Å². The van der Waals surface area contributed by atoms with Crippen LogP contribution in [0.3, 0.4) is 0 Å². The van der Waals surface area contributed by atoms with E-state index in [1.54, 1.807) is 24.3 Å². The smallest absolute Gasteiger partial charge is 0.340 e. The molecule has 28 heavy (non-hydrogen) atoms. The van der Waals surface area contributed by atoms with Gasteiger partial charge < -0.3 is 24.7 Å². The Labute approximate surface area is 165 Å². The molecule has 3 heterocycles. The van der Waals surface area contributed by atoms with Crippen LogP contribution in [-0.4, -0.2) is 43.3 Å². The fourth-order valence-corrected chi connectivity index (χ4v) is 4.57. The molecule has 1 aromatic carbocycles. The number of benzene rings is 1. The standard InChI is InChI=1S/C22H27NO5/c1-2-3-4-5-8-12-22-19-18(11-13-26-22)25-14-21(19,15-27-22)28-20(24)16-9-6-7-10-17(16)23/h2-7,9-10,18-19H,8,11-15,23H2,1H3. The Bertz CT molecular complexity index is 791. The van der Waals surface area contributed by atoms with Gasteiger partial charge in [0, 0.05) is 12.1 Å². The molecule has 3 saturated heterocycles. The van der Waals surface area contributed by atoms with Crippen molar-refractivity contribution in [2.75, 3.05) is 25.6 Å². The topological polar surface area (TPSA) is 80.0 Å². The Hall–Kier alpha value is -2.15. The Balaban J connectivity index is 1.55. The van der Waals surface area contributed by atoms with E-state index < -0.39 is 17.4 Å². The number of nitrogens with two attached hydrogens (primary N) is 1. The maximum atomic E-state index is 12.8. The first-order valence-electron chi connectivity index (χ1n) is 9.85. The minimum absolute atomic E-state index is 0.0308. The van der Waals surface area contributed by atoms with Gasteiger partial charge in [-0.2, -0.15) is 0 Å². The molecule has 150 valence electrons. The van der Waals surface area contributed by atoms with Crippen LogP contribution in [0.2, 0.25) is 0 Å². The SMILES string of the molecule is CC=CC=CCCC12OCCC3OCC(OC(=O)c4ccccc4N)(CO1)C32. The molecule has 6 heteroatoms. The van der Waals surface area contributed by atoms with Crippen molar-refractivity contribution in [2.24, 2.45) is 5.92 Å². The van der Waals surface area contributed by atoms with Gasteiger partial charge in [0.2, 0.25) is 0 Å². The van der Waals surface area contributed by atoms with Gasteiger partial charge in [-0.1, -0.05) is 36.4 Å². The Morgan fingerprint density at radius 3 is 2.96 bits per heavy atom. The monoisotopic (exact) mass is 385 g/mol. The summed E-state index contributed by atoms with van der Waals surface area (Å²) in [6.45, 7) is 3.15. The first-order chi connectivity index (χ1) is 13.6. The molecule has 3 fully saturated rings. The van der Waals surface area contributed by atoms with Crippen LogP contribution >= 0.6 is 0 Å². The first-order valence-corrected chi connectivity index (χ1v) is 9.85. The van der Waals surface area contributed by atoms with E-state index in [2.05, 4.69) is 6.08 Å². The summed E-state index contributed by atoms with van der Waals surface area (Å²) in [4.78, 5) is 12.8. The highest BCUT2D eigenvalue weighted by molar-refractivity contribution is 5.95. The van der Waals surface area contributed by atoms with Crippen LogP contribution in [0.15, 0.2) is 48.6 Å². The van der Waals surface area contributed by atoms with Crippen LogP contribution in [0, 0.1) is 5.92 Å². The second-order valence-electron chi connectivity index (χ2n) is 7.60. The highest BCUT2D eigenvalue weighted by Crippen LogP contribution is 2.54. The van der Waals surface area contributed by atoms with Crippen LogP contribution < -0.4 is 5.73 Å². The second kappa shape index (κ2) is 7.70. The minimum atomic E-state index is -0.836. The normalized spacial score (nSPS) is 34.2. The highest BCUT2D eigenvalue weighted by atomic mass is 16.7. The van der Waals surface area contributed by atoms with Crippen LogP contribution in [0.25, 0.3) is 0 Å². The van der Waals surface area contributed by atoms with Crippen molar-refractivity contribution < 1.29 is 23.7 Å². The van der Waals surface area contributed by atoms with E-state index in [0.29, 0.717) is 30.9 Å². The number of carbonyl (C=O) groups excluding carboxylic acids is 1. The summed E-state index contributed by atoms with van der Waals surface area (Å²) in [7, 11) is 0. The van der Waals surface area contributed by atoms with Crippen LogP contribution in [0.1, 0.15) is 36.5 Å². The summed E-state index contributed by atoms with van der Waals surface area (Å²) >= 11 is 0. The zero-order chi connectivity index (χ0) is 19.6. The molecule has 6 nitrogen and oxygen atoms in total. The number of ether oxygens (including phenoxy) is 4. The third kappa shape index (κ3) is 3.26. The van der Waals surface area contributed by atoms with Crippen molar-refractivity contribution in [3.8, 4) is 0 Å². The molecule has 0 bridgehead atoms. The fourth-order valence-electron chi connectivity index (χ4n) is 4.57. The van der Waals surface area contributed by atoms with Gasteiger partial charge in [0.25, 0.3) is 0 Å². The summed E-state index contributed by atoms with van der Waals surface area (Å²) in [5.41, 5.74) is 5.88. The number of rotatable bonds is 6. The molecule has 2 N–H and O–H groups in total.